The molecule has 1 aromatic heterocycles. The van der Waals surface area contributed by atoms with Crippen LogP contribution in [0.5, 0.6) is 0 Å². The lowest BCUT2D eigenvalue weighted by molar-refractivity contribution is 0.177. The molecule has 0 aliphatic heterocycles. The van der Waals surface area contributed by atoms with Crippen LogP contribution in [0.25, 0.3) is 0 Å². The summed E-state index contributed by atoms with van der Waals surface area (Å²) >= 11 is 3.53. The minimum absolute atomic E-state index is 0.0319. The third kappa shape index (κ3) is 2.92. The normalized spacial score (nSPS) is 11.6. The van der Waals surface area contributed by atoms with Crippen molar-refractivity contribution in [3.05, 3.63) is 16.0 Å². The molecule has 0 aliphatic rings. The molecular weight excluding hydrogens is 270 g/mol. The lowest BCUT2D eigenvalue weighted by Gasteiger charge is -2.21. The summed E-state index contributed by atoms with van der Waals surface area (Å²) in [6, 6.07) is 0. The van der Waals surface area contributed by atoms with Gasteiger partial charge in [0.2, 0.25) is 0 Å². The Morgan fingerprint density at radius 1 is 1.31 bits per heavy atom. The number of nitrogens with one attached hydrogen (secondary N) is 1. The van der Waals surface area contributed by atoms with Crippen LogP contribution in [-0.2, 0) is 16.8 Å². The lowest BCUT2D eigenvalue weighted by atomic mass is 9.92. The maximum absolute atomic E-state index is 5.07. The van der Waals surface area contributed by atoms with Gasteiger partial charge < -0.3 is 10.1 Å². The van der Waals surface area contributed by atoms with Gasteiger partial charge in [-0.05, 0) is 15.9 Å². The third-order valence-electron chi connectivity index (χ3n) is 2.12. The van der Waals surface area contributed by atoms with Crippen LogP contribution in [0.15, 0.2) is 4.47 Å². The highest BCUT2D eigenvalue weighted by Crippen LogP contribution is 2.32. The van der Waals surface area contributed by atoms with E-state index in [1.54, 1.807) is 7.11 Å². The van der Waals surface area contributed by atoms with Crippen molar-refractivity contribution in [3.8, 4) is 0 Å². The number of aromatic nitrogens is 2. The maximum atomic E-state index is 5.07. The summed E-state index contributed by atoms with van der Waals surface area (Å²) < 4.78 is 5.99. The van der Waals surface area contributed by atoms with Gasteiger partial charge in [-0.25, -0.2) is 9.97 Å². The van der Waals surface area contributed by atoms with Crippen LogP contribution >= 0.6 is 15.9 Å². The molecule has 5 heteroatoms. The van der Waals surface area contributed by atoms with E-state index in [1.807, 2.05) is 7.05 Å². The Morgan fingerprint density at radius 3 is 2.38 bits per heavy atom. The molecule has 0 radical (unpaired) electrons. The summed E-state index contributed by atoms with van der Waals surface area (Å²) in [5.41, 5.74) is 0.953. The fraction of sp³-hybridized carbons (Fsp3) is 0.636. The van der Waals surface area contributed by atoms with Gasteiger partial charge in [0.05, 0.1) is 10.2 Å². The van der Waals surface area contributed by atoms with Gasteiger partial charge in [-0.1, -0.05) is 20.8 Å². The van der Waals surface area contributed by atoms with E-state index in [2.05, 4.69) is 52.0 Å². The molecule has 0 saturated heterocycles. The molecule has 0 saturated carbocycles. The van der Waals surface area contributed by atoms with Gasteiger partial charge in [0.1, 0.15) is 12.4 Å². The molecule has 0 amide bonds. The molecule has 0 atom stereocenters. The van der Waals surface area contributed by atoms with Crippen LogP contribution in [0.4, 0.5) is 5.82 Å². The summed E-state index contributed by atoms with van der Waals surface area (Å²) in [7, 11) is 3.48. The Hall–Kier alpha value is -0.680. The smallest absolute Gasteiger partial charge is 0.156 e. The number of hydrogen-bond donors (Lipinski definition) is 1. The standard InChI is InChI=1S/C11H18BrN3O/c1-11(2,3)9-8(12)10(13-4)15-7(14-9)6-16-5/h6H2,1-5H3,(H,13,14,15). The van der Waals surface area contributed by atoms with Crippen molar-refractivity contribution >= 4 is 21.7 Å². The number of anilines is 1. The van der Waals surface area contributed by atoms with Crippen LogP contribution in [0, 0.1) is 0 Å². The van der Waals surface area contributed by atoms with E-state index in [9.17, 15) is 0 Å². The van der Waals surface area contributed by atoms with Gasteiger partial charge in [0.25, 0.3) is 0 Å². The Morgan fingerprint density at radius 2 is 1.94 bits per heavy atom. The number of halogens is 1. The Bertz CT molecular complexity index is 374. The van der Waals surface area contributed by atoms with Crippen LogP contribution in [0.3, 0.4) is 0 Å². The minimum Gasteiger partial charge on any atom is -0.377 e. The first kappa shape index (κ1) is 13.4. The zero-order valence-corrected chi connectivity index (χ0v) is 12.0. The van der Waals surface area contributed by atoms with Crippen LogP contribution in [0.1, 0.15) is 32.3 Å². The average molecular weight is 288 g/mol. The molecule has 0 aromatic carbocycles. The van der Waals surface area contributed by atoms with Crippen molar-refractivity contribution < 1.29 is 4.74 Å². The van der Waals surface area contributed by atoms with Gasteiger partial charge in [-0.3, -0.25) is 0 Å². The average Bonchev–Trinajstić information content (AvgIpc) is 2.19. The Labute approximate surface area is 105 Å². The zero-order chi connectivity index (χ0) is 12.3. The molecule has 0 unspecified atom stereocenters. The summed E-state index contributed by atoms with van der Waals surface area (Å²) in [5, 5.41) is 3.05. The zero-order valence-electron chi connectivity index (χ0n) is 10.4. The Balaban J connectivity index is 3.30. The molecule has 0 fully saturated rings. The number of methoxy groups -OCH3 is 1. The van der Waals surface area contributed by atoms with E-state index >= 15 is 0 Å². The predicted molar refractivity (Wildman–Crippen MR) is 68.7 cm³/mol. The van der Waals surface area contributed by atoms with E-state index in [4.69, 9.17) is 4.74 Å². The van der Waals surface area contributed by atoms with Crippen molar-refractivity contribution in [2.24, 2.45) is 0 Å². The van der Waals surface area contributed by atoms with Gasteiger partial charge in [0.15, 0.2) is 5.82 Å². The first-order chi connectivity index (χ1) is 7.40. The quantitative estimate of drug-likeness (QED) is 0.929. The van der Waals surface area contributed by atoms with Crippen molar-refractivity contribution in [1.29, 1.82) is 0 Å². The molecule has 1 rings (SSSR count). The first-order valence-corrected chi connectivity index (χ1v) is 5.93. The lowest BCUT2D eigenvalue weighted by Crippen LogP contribution is -2.18. The summed E-state index contributed by atoms with van der Waals surface area (Å²) in [4.78, 5) is 8.88. The van der Waals surface area contributed by atoms with E-state index in [-0.39, 0.29) is 5.41 Å². The van der Waals surface area contributed by atoms with E-state index < -0.39 is 0 Å². The largest absolute Gasteiger partial charge is 0.377 e. The third-order valence-corrected chi connectivity index (χ3v) is 2.87. The van der Waals surface area contributed by atoms with E-state index in [0.717, 1.165) is 16.0 Å². The highest BCUT2D eigenvalue weighted by molar-refractivity contribution is 9.10. The molecule has 0 spiro atoms. The fourth-order valence-electron chi connectivity index (χ4n) is 1.35. The summed E-state index contributed by atoms with van der Waals surface area (Å²) in [5.74, 6) is 1.49. The molecule has 16 heavy (non-hydrogen) atoms. The number of hydrogen-bond acceptors (Lipinski definition) is 4. The van der Waals surface area contributed by atoms with Crippen molar-refractivity contribution in [2.75, 3.05) is 19.5 Å². The van der Waals surface area contributed by atoms with Crippen LogP contribution in [-0.4, -0.2) is 24.1 Å². The highest BCUT2D eigenvalue weighted by Gasteiger charge is 2.22. The summed E-state index contributed by atoms with van der Waals surface area (Å²) in [6.07, 6.45) is 0. The SMILES string of the molecule is CNc1nc(COC)nc(C(C)(C)C)c1Br. The molecular formula is C11H18BrN3O. The second kappa shape index (κ2) is 5.10. The predicted octanol–water partition coefficient (Wildman–Crippen LogP) is 2.72. The van der Waals surface area contributed by atoms with Crippen molar-refractivity contribution in [1.82, 2.24) is 9.97 Å². The van der Waals surface area contributed by atoms with E-state index in [0.29, 0.717) is 12.4 Å². The first-order valence-electron chi connectivity index (χ1n) is 5.13. The second-order valence-corrected chi connectivity index (χ2v) is 5.38. The second-order valence-electron chi connectivity index (χ2n) is 4.58. The number of nitrogens with zero attached hydrogens (tertiary/aromatic N) is 2. The maximum Gasteiger partial charge on any atom is 0.156 e. The summed E-state index contributed by atoms with van der Waals surface area (Å²) in [6.45, 7) is 6.79. The van der Waals surface area contributed by atoms with Gasteiger partial charge in [0, 0.05) is 19.6 Å². The highest BCUT2D eigenvalue weighted by atomic mass is 79.9. The Kier molecular flexibility index (Phi) is 4.27. The monoisotopic (exact) mass is 287 g/mol. The molecule has 0 bridgehead atoms. The molecule has 1 N–H and O–H groups in total. The number of ether oxygens (including phenoxy) is 1. The van der Waals surface area contributed by atoms with Crippen molar-refractivity contribution in [2.45, 2.75) is 32.8 Å². The van der Waals surface area contributed by atoms with Crippen LogP contribution in [0.2, 0.25) is 0 Å². The molecule has 0 aliphatic carbocycles. The fourth-order valence-corrected chi connectivity index (χ4v) is 2.32. The van der Waals surface area contributed by atoms with Crippen molar-refractivity contribution in [3.63, 3.8) is 0 Å². The molecule has 1 aromatic rings. The van der Waals surface area contributed by atoms with Gasteiger partial charge in [-0.2, -0.15) is 0 Å². The van der Waals surface area contributed by atoms with Gasteiger partial charge >= 0.3 is 0 Å². The molecule has 90 valence electrons. The van der Waals surface area contributed by atoms with Gasteiger partial charge in [-0.15, -0.1) is 0 Å². The minimum atomic E-state index is -0.0319. The molecule has 4 nitrogen and oxygen atoms in total. The molecule has 1 heterocycles. The van der Waals surface area contributed by atoms with E-state index in [1.165, 1.54) is 0 Å². The number of rotatable bonds is 3. The topological polar surface area (TPSA) is 47.0 Å². The van der Waals surface area contributed by atoms with Crippen LogP contribution < -0.4 is 5.32 Å².